The van der Waals surface area contributed by atoms with Gasteiger partial charge < -0.3 is 10.2 Å². The van der Waals surface area contributed by atoms with Crippen LogP contribution in [-0.4, -0.2) is 27.7 Å². The largest absolute Gasteiger partial charge is 0.508 e. The molecule has 2 N–H and O–H groups in total. The maximum absolute atomic E-state index is 12.2. The Morgan fingerprint density at radius 2 is 1.53 bits per heavy atom. The number of aromatic hydroxyl groups is 1. The van der Waals surface area contributed by atoms with Gasteiger partial charge in [-0.15, -0.1) is 0 Å². The molecule has 1 aliphatic rings. The third kappa shape index (κ3) is 3.88. The second-order valence-corrected chi connectivity index (χ2v) is 8.67. The van der Waals surface area contributed by atoms with E-state index >= 15 is 0 Å². The van der Waals surface area contributed by atoms with E-state index in [0.29, 0.717) is 18.2 Å². The molecule has 3 heteroatoms. The Labute approximate surface area is 179 Å². The van der Waals surface area contributed by atoms with E-state index < -0.39 is 5.60 Å². The molecule has 4 rings (SSSR count). The second-order valence-electron chi connectivity index (χ2n) is 8.67. The van der Waals surface area contributed by atoms with Gasteiger partial charge >= 0.3 is 0 Å². The summed E-state index contributed by atoms with van der Waals surface area (Å²) in [6.07, 6.45) is 1.93. The minimum atomic E-state index is -1.11. The molecule has 0 amide bonds. The Balaban J connectivity index is 1.72. The van der Waals surface area contributed by atoms with Gasteiger partial charge in [-0.05, 0) is 48.1 Å². The van der Waals surface area contributed by atoms with Gasteiger partial charge in [-0.1, -0.05) is 86.6 Å². The molecule has 1 fully saturated rings. The van der Waals surface area contributed by atoms with Gasteiger partial charge in [-0.3, -0.25) is 4.90 Å². The highest BCUT2D eigenvalue weighted by atomic mass is 16.3. The SMILES string of the molecule is CC(C)c1ccc(O)c(CN2CCC[C@H]2C(O)(c2ccccc2)c2ccccc2)c1. The molecule has 30 heavy (non-hydrogen) atoms. The van der Waals surface area contributed by atoms with Gasteiger partial charge in [-0.25, -0.2) is 0 Å². The molecule has 0 radical (unpaired) electrons. The van der Waals surface area contributed by atoms with Crippen molar-refractivity contribution in [1.82, 2.24) is 4.90 Å². The lowest BCUT2D eigenvalue weighted by Gasteiger charge is -2.40. The van der Waals surface area contributed by atoms with Gasteiger partial charge in [0, 0.05) is 18.2 Å². The molecule has 0 bridgehead atoms. The van der Waals surface area contributed by atoms with E-state index in [4.69, 9.17) is 0 Å². The van der Waals surface area contributed by atoms with Crippen LogP contribution in [0.15, 0.2) is 78.9 Å². The number of likely N-dealkylation sites (tertiary alicyclic amines) is 1. The summed E-state index contributed by atoms with van der Waals surface area (Å²) in [6, 6.07) is 25.8. The van der Waals surface area contributed by atoms with Gasteiger partial charge in [0.15, 0.2) is 0 Å². The number of hydrogen-bond acceptors (Lipinski definition) is 3. The highest BCUT2D eigenvalue weighted by Crippen LogP contribution is 2.41. The van der Waals surface area contributed by atoms with Gasteiger partial charge in [0.05, 0.1) is 0 Å². The first-order valence-corrected chi connectivity index (χ1v) is 10.9. The fourth-order valence-corrected chi connectivity index (χ4v) is 4.73. The fourth-order valence-electron chi connectivity index (χ4n) is 4.73. The van der Waals surface area contributed by atoms with Gasteiger partial charge in [0.2, 0.25) is 0 Å². The normalized spacial score (nSPS) is 17.5. The topological polar surface area (TPSA) is 43.7 Å². The van der Waals surface area contributed by atoms with Crippen LogP contribution >= 0.6 is 0 Å². The molecule has 3 aromatic carbocycles. The third-order valence-electron chi connectivity index (χ3n) is 6.42. The molecule has 0 saturated carbocycles. The van der Waals surface area contributed by atoms with Crippen LogP contribution in [0.2, 0.25) is 0 Å². The lowest BCUT2D eigenvalue weighted by molar-refractivity contribution is -0.00673. The standard InChI is InChI=1S/C27H31NO2/c1-20(2)21-15-16-25(29)22(18-21)19-28-17-9-14-26(28)27(30,23-10-5-3-6-11-23)24-12-7-4-8-13-24/h3-8,10-13,15-16,18,20,26,29-30H,9,14,17,19H2,1-2H3/t26-/m0/s1. The maximum atomic E-state index is 12.2. The van der Waals surface area contributed by atoms with Crippen LogP contribution in [-0.2, 0) is 12.1 Å². The molecule has 0 unspecified atom stereocenters. The molecule has 0 aliphatic carbocycles. The quantitative estimate of drug-likeness (QED) is 0.580. The van der Waals surface area contributed by atoms with E-state index in [9.17, 15) is 10.2 Å². The minimum absolute atomic E-state index is 0.0654. The number of aliphatic hydroxyl groups is 1. The summed E-state index contributed by atoms with van der Waals surface area (Å²) in [6.45, 7) is 5.85. The van der Waals surface area contributed by atoms with Crippen LogP contribution in [0, 0.1) is 0 Å². The summed E-state index contributed by atoms with van der Waals surface area (Å²) >= 11 is 0. The first-order chi connectivity index (χ1) is 14.5. The van der Waals surface area contributed by atoms with E-state index in [0.717, 1.165) is 36.1 Å². The average Bonchev–Trinajstić information content (AvgIpc) is 3.24. The number of phenols is 1. The van der Waals surface area contributed by atoms with Crippen LogP contribution in [0.25, 0.3) is 0 Å². The van der Waals surface area contributed by atoms with Crippen molar-refractivity contribution in [1.29, 1.82) is 0 Å². The van der Waals surface area contributed by atoms with Crippen LogP contribution in [0.4, 0.5) is 0 Å². The Bertz CT molecular complexity index is 929. The van der Waals surface area contributed by atoms with E-state index in [-0.39, 0.29) is 6.04 Å². The Morgan fingerprint density at radius 3 is 2.10 bits per heavy atom. The summed E-state index contributed by atoms with van der Waals surface area (Å²) < 4.78 is 0. The van der Waals surface area contributed by atoms with E-state index in [1.165, 1.54) is 5.56 Å². The summed E-state index contributed by atoms with van der Waals surface area (Å²) in [7, 11) is 0. The van der Waals surface area contributed by atoms with Crippen molar-refractivity contribution in [3.05, 3.63) is 101 Å². The third-order valence-corrected chi connectivity index (χ3v) is 6.42. The number of rotatable bonds is 6. The van der Waals surface area contributed by atoms with Crippen LogP contribution < -0.4 is 0 Å². The molecule has 1 heterocycles. The highest BCUT2D eigenvalue weighted by molar-refractivity contribution is 5.40. The minimum Gasteiger partial charge on any atom is -0.508 e. The van der Waals surface area contributed by atoms with Crippen LogP contribution in [0.3, 0.4) is 0 Å². The summed E-state index contributed by atoms with van der Waals surface area (Å²) in [5.74, 6) is 0.734. The van der Waals surface area contributed by atoms with Crippen molar-refractivity contribution in [3.8, 4) is 5.75 Å². The van der Waals surface area contributed by atoms with E-state index in [1.807, 2.05) is 66.7 Å². The molecule has 3 aromatic rings. The predicted molar refractivity (Wildman–Crippen MR) is 122 cm³/mol. The van der Waals surface area contributed by atoms with Crippen LogP contribution in [0.1, 0.15) is 54.9 Å². The average molecular weight is 402 g/mol. The molecule has 3 nitrogen and oxygen atoms in total. The van der Waals surface area contributed by atoms with Crippen molar-refractivity contribution in [2.45, 2.75) is 50.8 Å². The monoisotopic (exact) mass is 401 g/mol. The van der Waals surface area contributed by atoms with Gasteiger partial charge in [0.25, 0.3) is 0 Å². The highest BCUT2D eigenvalue weighted by Gasteiger charge is 2.45. The van der Waals surface area contributed by atoms with Crippen molar-refractivity contribution in [2.75, 3.05) is 6.54 Å². The zero-order valence-corrected chi connectivity index (χ0v) is 17.8. The number of nitrogens with zero attached hydrogens (tertiary/aromatic N) is 1. The number of hydrogen-bond donors (Lipinski definition) is 2. The zero-order valence-electron chi connectivity index (χ0n) is 17.8. The summed E-state index contributed by atoms with van der Waals surface area (Å²) in [5, 5.41) is 22.7. The predicted octanol–water partition coefficient (Wildman–Crippen LogP) is 5.42. The molecule has 156 valence electrons. The molecular weight excluding hydrogens is 370 g/mol. The van der Waals surface area contributed by atoms with Gasteiger partial charge in [-0.2, -0.15) is 0 Å². The summed E-state index contributed by atoms with van der Waals surface area (Å²) in [5.41, 5.74) is 2.86. The van der Waals surface area contributed by atoms with E-state index in [2.05, 4.69) is 24.8 Å². The number of benzene rings is 3. The Hall–Kier alpha value is -2.62. The molecule has 0 spiro atoms. The maximum Gasteiger partial charge on any atom is 0.130 e. The van der Waals surface area contributed by atoms with Crippen molar-refractivity contribution >= 4 is 0 Å². The molecular formula is C27H31NO2. The number of phenolic OH excluding ortho intramolecular Hbond substituents is 1. The molecule has 0 aromatic heterocycles. The molecule has 1 saturated heterocycles. The first-order valence-electron chi connectivity index (χ1n) is 10.9. The van der Waals surface area contributed by atoms with Crippen molar-refractivity contribution in [2.24, 2.45) is 0 Å². The zero-order chi connectivity index (χ0) is 21.1. The van der Waals surface area contributed by atoms with Crippen molar-refractivity contribution in [3.63, 3.8) is 0 Å². The Morgan fingerprint density at radius 1 is 0.933 bits per heavy atom. The summed E-state index contributed by atoms with van der Waals surface area (Å²) in [4.78, 5) is 2.33. The fraction of sp³-hybridized carbons (Fsp3) is 0.333. The van der Waals surface area contributed by atoms with Crippen LogP contribution in [0.5, 0.6) is 5.75 Å². The van der Waals surface area contributed by atoms with E-state index in [1.54, 1.807) is 6.07 Å². The van der Waals surface area contributed by atoms with Gasteiger partial charge in [0.1, 0.15) is 11.4 Å². The second kappa shape index (κ2) is 8.63. The smallest absolute Gasteiger partial charge is 0.130 e. The van der Waals surface area contributed by atoms with Crippen molar-refractivity contribution < 1.29 is 10.2 Å². The lowest BCUT2D eigenvalue weighted by Crippen LogP contribution is -2.48. The molecule has 1 aliphatic heterocycles. The Kier molecular flexibility index (Phi) is 5.94. The lowest BCUT2D eigenvalue weighted by atomic mass is 9.79. The molecule has 1 atom stereocenters. The first kappa shape index (κ1) is 20.6.